The van der Waals surface area contributed by atoms with E-state index in [1.165, 1.54) is 12.3 Å². The SMILES string of the molecule is O=C(COc1ccc(Cl)cc1Cl)NN=Cc1cc2ccccc2[nH]c1=O. The first kappa shape index (κ1) is 18.0. The van der Waals surface area contributed by atoms with Crippen LogP contribution >= 0.6 is 23.2 Å². The minimum atomic E-state index is -0.496. The van der Waals surface area contributed by atoms with Crippen LogP contribution in [0.5, 0.6) is 5.75 Å². The Hall–Kier alpha value is -2.83. The Morgan fingerprint density at radius 2 is 2.00 bits per heavy atom. The van der Waals surface area contributed by atoms with Gasteiger partial charge in [-0.25, -0.2) is 5.43 Å². The molecule has 1 amide bonds. The number of pyridine rings is 1. The quantitative estimate of drug-likeness (QED) is 0.518. The van der Waals surface area contributed by atoms with E-state index in [-0.39, 0.29) is 12.2 Å². The van der Waals surface area contributed by atoms with Crippen LogP contribution in [-0.2, 0) is 4.79 Å². The molecule has 8 heteroatoms. The third kappa shape index (κ3) is 4.41. The van der Waals surface area contributed by atoms with Crippen molar-refractivity contribution in [1.29, 1.82) is 0 Å². The van der Waals surface area contributed by atoms with Crippen molar-refractivity contribution in [2.24, 2.45) is 5.10 Å². The predicted octanol–water partition coefficient (Wildman–Crippen LogP) is 3.36. The molecule has 26 heavy (non-hydrogen) atoms. The number of nitrogens with one attached hydrogen (secondary N) is 2. The normalized spacial score (nSPS) is 11.0. The molecule has 1 aromatic heterocycles. The number of aromatic amines is 1. The number of fused-ring (bicyclic) bond motifs is 1. The van der Waals surface area contributed by atoms with Gasteiger partial charge >= 0.3 is 0 Å². The molecule has 0 spiro atoms. The number of hydrazone groups is 1. The van der Waals surface area contributed by atoms with Crippen LogP contribution in [0.3, 0.4) is 0 Å². The van der Waals surface area contributed by atoms with Gasteiger partial charge in [-0.2, -0.15) is 5.10 Å². The number of benzene rings is 2. The summed E-state index contributed by atoms with van der Waals surface area (Å²) in [5.41, 5.74) is 3.04. The highest BCUT2D eigenvalue weighted by atomic mass is 35.5. The number of carbonyl (C=O) groups is 1. The van der Waals surface area contributed by atoms with Crippen LogP contribution in [0.1, 0.15) is 5.56 Å². The van der Waals surface area contributed by atoms with Crippen molar-refractivity contribution in [3.05, 3.63) is 74.5 Å². The van der Waals surface area contributed by atoms with Crippen molar-refractivity contribution < 1.29 is 9.53 Å². The summed E-state index contributed by atoms with van der Waals surface area (Å²) < 4.78 is 5.29. The number of para-hydroxylation sites is 1. The van der Waals surface area contributed by atoms with E-state index in [2.05, 4.69) is 15.5 Å². The van der Waals surface area contributed by atoms with Crippen LogP contribution in [0.2, 0.25) is 10.0 Å². The van der Waals surface area contributed by atoms with E-state index in [1.807, 2.05) is 18.2 Å². The van der Waals surface area contributed by atoms with E-state index in [4.69, 9.17) is 27.9 Å². The predicted molar refractivity (Wildman–Crippen MR) is 102 cm³/mol. The molecule has 1 heterocycles. The van der Waals surface area contributed by atoms with Crippen molar-refractivity contribution >= 4 is 46.2 Å². The Labute approximate surface area is 158 Å². The van der Waals surface area contributed by atoms with Gasteiger partial charge in [0.25, 0.3) is 11.5 Å². The van der Waals surface area contributed by atoms with Crippen LogP contribution in [-0.4, -0.2) is 23.7 Å². The third-order valence-corrected chi connectivity index (χ3v) is 3.96. The molecule has 2 aromatic carbocycles. The summed E-state index contributed by atoms with van der Waals surface area (Å²) in [6.07, 6.45) is 1.28. The van der Waals surface area contributed by atoms with Crippen LogP contribution in [0.4, 0.5) is 0 Å². The highest BCUT2D eigenvalue weighted by Gasteiger charge is 2.06. The molecule has 132 valence electrons. The number of rotatable bonds is 5. The zero-order chi connectivity index (χ0) is 18.5. The molecule has 0 fully saturated rings. The number of hydrogen-bond donors (Lipinski definition) is 2. The van der Waals surface area contributed by atoms with Crippen LogP contribution in [0, 0.1) is 0 Å². The van der Waals surface area contributed by atoms with Crippen LogP contribution in [0.15, 0.2) is 58.4 Å². The molecule has 0 aliphatic rings. The van der Waals surface area contributed by atoms with Gasteiger partial charge in [0, 0.05) is 10.5 Å². The van der Waals surface area contributed by atoms with Gasteiger partial charge in [-0.15, -0.1) is 0 Å². The minimum Gasteiger partial charge on any atom is -0.482 e. The number of hydrogen-bond acceptors (Lipinski definition) is 4. The summed E-state index contributed by atoms with van der Waals surface area (Å²) in [5.74, 6) is -0.161. The van der Waals surface area contributed by atoms with Crippen molar-refractivity contribution in [2.45, 2.75) is 0 Å². The number of H-pyrrole nitrogens is 1. The molecule has 0 saturated carbocycles. The van der Waals surface area contributed by atoms with Gasteiger partial charge in [0.15, 0.2) is 6.61 Å². The maximum absolute atomic E-state index is 12.0. The fraction of sp³-hybridized carbons (Fsp3) is 0.0556. The van der Waals surface area contributed by atoms with Gasteiger partial charge < -0.3 is 9.72 Å². The average molecular weight is 390 g/mol. The molecule has 0 radical (unpaired) electrons. The van der Waals surface area contributed by atoms with E-state index in [1.54, 1.807) is 24.3 Å². The maximum Gasteiger partial charge on any atom is 0.277 e. The maximum atomic E-state index is 12.0. The Kier molecular flexibility index (Phi) is 5.55. The largest absolute Gasteiger partial charge is 0.482 e. The van der Waals surface area contributed by atoms with E-state index in [0.717, 1.165) is 10.9 Å². The third-order valence-electron chi connectivity index (χ3n) is 3.43. The molecule has 0 aliphatic carbocycles. The number of aromatic nitrogens is 1. The van der Waals surface area contributed by atoms with E-state index >= 15 is 0 Å². The van der Waals surface area contributed by atoms with E-state index in [0.29, 0.717) is 21.4 Å². The number of carbonyl (C=O) groups excluding carboxylic acids is 1. The number of halogens is 2. The molecule has 3 aromatic rings. The molecule has 0 atom stereocenters. The lowest BCUT2D eigenvalue weighted by molar-refractivity contribution is -0.123. The molecule has 0 unspecified atom stereocenters. The van der Waals surface area contributed by atoms with Crippen LogP contribution in [0.25, 0.3) is 10.9 Å². The lowest BCUT2D eigenvalue weighted by atomic mass is 10.2. The van der Waals surface area contributed by atoms with E-state index < -0.39 is 5.91 Å². The summed E-state index contributed by atoms with van der Waals surface area (Å²) in [4.78, 5) is 26.5. The Bertz CT molecular complexity index is 1050. The molecule has 0 bridgehead atoms. The molecular formula is C18H13Cl2N3O3. The summed E-state index contributed by atoms with van der Waals surface area (Å²) in [6.45, 7) is -0.285. The number of nitrogens with zero attached hydrogens (tertiary/aromatic N) is 1. The monoisotopic (exact) mass is 389 g/mol. The first-order valence-electron chi connectivity index (χ1n) is 7.55. The molecular weight excluding hydrogens is 377 g/mol. The zero-order valence-corrected chi connectivity index (χ0v) is 14.8. The molecule has 3 rings (SSSR count). The summed E-state index contributed by atoms with van der Waals surface area (Å²) >= 11 is 11.7. The highest BCUT2D eigenvalue weighted by Crippen LogP contribution is 2.27. The summed E-state index contributed by atoms with van der Waals surface area (Å²) in [7, 11) is 0. The fourth-order valence-electron chi connectivity index (χ4n) is 2.20. The molecule has 0 aliphatic heterocycles. The number of amides is 1. The van der Waals surface area contributed by atoms with Gasteiger partial charge in [0.05, 0.1) is 16.8 Å². The van der Waals surface area contributed by atoms with Crippen molar-refractivity contribution in [1.82, 2.24) is 10.4 Å². The topological polar surface area (TPSA) is 83.5 Å². The van der Waals surface area contributed by atoms with Gasteiger partial charge in [-0.1, -0.05) is 41.4 Å². The van der Waals surface area contributed by atoms with Gasteiger partial charge in [-0.05, 0) is 35.7 Å². The van der Waals surface area contributed by atoms with Gasteiger partial charge in [-0.3, -0.25) is 9.59 Å². The standard InChI is InChI=1S/C18H13Cl2N3O3/c19-13-5-6-16(14(20)8-13)26-10-17(24)23-21-9-12-7-11-3-1-2-4-15(11)22-18(12)25/h1-9H,10H2,(H,22,25)(H,23,24). The second-order valence-electron chi connectivity index (χ2n) is 5.30. The first-order valence-corrected chi connectivity index (χ1v) is 8.30. The lowest BCUT2D eigenvalue weighted by Crippen LogP contribution is -2.25. The second kappa shape index (κ2) is 8.03. The minimum absolute atomic E-state index is 0.285. The van der Waals surface area contributed by atoms with Crippen molar-refractivity contribution in [2.75, 3.05) is 6.61 Å². The molecule has 0 saturated heterocycles. The molecule has 6 nitrogen and oxygen atoms in total. The Morgan fingerprint density at radius 3 is 2.81 bits per heavy atom. The van der Waals surface area contributed by atoms with Gasteiger partial charge in [0.2, 0.25) is 0 Å². The van der Waals surface area contributed by atoms with Crippen LogP contribution < -0.4 is 15.7 Å². The first-order chi connectivity index (χ1) is 12.5. The van der Waals surface area contributed by atoms with Crippen molar-refractivity contribution in [3.8, 4) is 5.75 Å². The summed E-state index contributed by atoms with van der Waals surface area (Å²) in [6, 6.07) is 13.7. The zero-order valence-electron chi connectivity index (χ0n) is 13.3. The van der Waals surface area contributed by atoms with Crippen molar-refractivity contribution in [3.63, 3.8) is 0 Å². The number of ether oxygens (including phenoxy) is 1. The Morgan fingerprint density at radius 1 is 1.19 bits per heavy atom. The molecule has 2 N–H and O–H groups in total. The fourth-order valence-corrected chi connectivity index (χ4v) is 2.66. The average Bonchev–Trinajstić information content (AvgIpc) is 2.61. The van der Waals surface area contributed by atoms with Gasteiger partial charge in [0.1, 0.15) is 5.75 Å². The second-order valence-corrected chi connectivity index (χ2v) is 6.14. The lowest BCUT2D eigenvalue weighted by Gasteiger charge is -2.07. The van der Waals surface area contributed by atoms with E-state index in [9.17, 15) is 9.59 Å². The smallest absolute Gasteiger partial charge is 0.277 e. The highest BCUT2D eigenvalue weighted by molar-refractivity contribution is 6.35. The Balaban J connectivity index is 1.60. The summed E-state index contributed by atoms with van der Waals surface area (Å²) in [5, 5.41) is 5.41.